The fraction of sp³-hybridized carbons (Fsp3) is 0.130. The van der Waals surface area contributed by atoms with Crippen LogP contribution in [0.15, 0.2) is 72.8 Å². The average Bonchev–Trinajstić information content (AvgIpc) is 2.77. The van der Waals surface area contributed by atoms with Gasteiger partial charge >= 0.3 is 0 Å². The van der Waals surface area contributed by atoms with Crippen molar-refractivity contribution in [2.75, 3.05) is 20.2 Å². The van der Waals surface area contributed by atoms with Gasteiger partial charge in [0.1, 0.15) is 6.61 Å². The predicted molar refractivity (Wildman–Crippen MR) is 109 cm³/mol. The molecule has 0 aromatic heterocycles. The van der Waals surface area contributed by atoms with Crippen molar-refractivity contribution in [2.24, 2.45) is 0 Å². The Morgan fingerprint density at radius 2 is 1.69 bits per heavy atom. The van der Waals surface area contributed by atoms with Crippen LogP contribution in [0.4, 0.5) is 4.39 Å². The molecule has 0 saturated carbocycles. The second-order valence-electron chi connectivity index (χ2n) is 6.24. The van der Waals surface area contributed by atoms with E-state index in [4.69, 9.17) is 4.74 Å². The lowest BCUT2D eigenvalue weighted by Gasteiger charge is -2.11. The fourth-order valence-corrected chi connectivity index (χ4v) is 2.88. The van der Waals surface area contributed by atoms with Crippen molar-refractivity contribution in [3.63, 3.8) is 0 Å². The molecule has 0 aliphatic rings. The number of hydrogen-bond acceptors (Lipinski definition) is 3. The van der Waals surface area contributed by atoms with E-state index in [2.05, 4.69) is 10.6 Å². The molecule has 0 atom stereocenters. The van der Waals surface area contributed by atoms with Crippen molar-refractivity contribution in [1.29, 1.82) is 0 Å². The smallest absolute Gasteiger partial charge is 0.251 e. The minimum absolute atomic E-state index is 0.145. The number of hydrogen-bond donors (Lipinski definition) is 2. The predicted octanol–water partition coefficient (Wildman–Crippen LogP) is 3.66. The maximum Gasteiger partial charge on any atom is 0.251 e. The molecule has 3 aromatic carbocycles. The Kier molecular flexibility index (Phi) is 6.58. The zero-order valence-electron chi connectivity index (χ0n) is 15.9. The first kappa shape index (κ1) is 20.1. The highest BCUT2D eigenvalue weighted by molar-refractivity contribution is 6.01. The molecule has 2 amide bonds. The Hall–Kier alpha value is -3.67. The van der Waals surface area contributed by atoms with Crippen LogP contribution >= 0.6 is 0 Å². The van der Waals surface area contributed by atoms with Gasteiger partial charge in [-0.2, -0.15) is 0 Å². The number of nitrogens with one attached hydrogen (secondary N) is 2. The van der Waals surface area contributed by atoms with Crippen LogP contribution in [0.3, 0.4) is 0 Å². The molecule has 0 spiro atoms. The van der Waals surface area contributed by atoms with Gasteiger partial charge < -0.3 is 15.4 Å². The molecule has 148 valence electrons. The van der Waals surface area contributed by atoms with Gasteiger partial charge in [-0.1, -0.05) is 42.5 Å². The minimum Gasteiger partial charge on any atom is -0.489 e. The highest BCUT2D eigenvalue weighted by Gasteiger charge is 2.13. The molecule has 2 N–H and O–H groups in total. The number of carbonyl (C=O) groups is 2. The van der Waals surface area contributed by atoms with Gasteiger partial charge in [0.2, 0.25) is 0 Å². The Bertz CT molecular complexity index is 1020. The number of amides is 2. The maximum atomic E-state index is 13.5. The summed E-state index contributed by atoms with van der Waals surface area (Å²) in [5, 5.41) is 5.37. The van der Waals surface area contributed by atoms with E-state index in [9.17, 15) is 14.0 Å². The summed E-state index contributed by atoms with van der Waals surface area (Å²) in [6, 6.07) is 20.4. The quantitative estimate of drug-likeness (QED) is 0.603. The van der Waals surface area contributed by atoms with Crippen LogP contribution in [0.25, 0.3) is 11.1 Å². The molecule has 0 fully saturated rings. The standard InChI is InChI=1S/C23H21FN2O3/c1-25-23(28)19-10-3-2-9-18(19)16-7-6-8-17(15-16)22(27)26-13-14-29-21-12-5-4-11-20(21)24/h2-12,15H,13-14H2,1H3,(H,25,28)(H,26,27). The van der Waals surface area contributed by atoms with Crippen LogP contribution in [0, 0.1) is 5.82 Å². The lowest BCUT2D eigenvalue weighted by molar-refractivity contribution is 0.0944. The van der Waals surface area contributed by atoms with Crippen molar-refractivity contribution in [3.8, 4) is 16.9 Å². The molecule has 3 rings (SSSR count). The molecule has 0 heterocycles. The van der Waals surface area contributed by atoms with Crippen molar-refractivity contribution in [1.82, 2.24) is 10.6 Å². The van der Waals surface area contributed by atoms with Crippen LogP contribution in [0.1, 0.15) is 20.7 Å². The van der Waals surface area contributed by atoms with Crippen molar-refractivity contribution in [3.05, 3.63) is 89.7 Å². The zero-order chi connectivity index (χ0) is 20.6. The molecular weight excluding hydrogens is 371 g/mol. The Labute approximate surface area is 168 Å². The fourth-order valence-electron chi connectivity index (χ4n) is 2.88. The van der Waals surface area contributed by atoms with E-state index in [0.717, 1.165) is 11.1 Å². The van der Waals surface area contributed by atoms with Crippen LogP contribution in [0.2, 0.25) is 0 Å². The SMILES string of the molecule is CNC(=O)c1ccccc1-c1cccc(C(=O)NCCOc2ccccc2F)c1. The lowest BCUT2D eigenvalue weighted by Crippen LogP contribution is -2.28. The van der Waals surface area contributed by atoms with E-state index in [0.29, 0.717) is 11.1 Å². The number of ether oxygens (including phenoxy) is 1. The van der Waals surface area contributed by atoms with Gasteiger partial charge in [0, 0.05) is 18.2 Å². The van der Waals surface area contributed by atoms with Gasteiger partial charge in [-0.3, -0.25) is 9.59 Å². The summed E-state index contributed by atoms with van der Waals surface area (Å²) < 4.78 is 18.9. The van der Waals surface area contributed by atoms with Crippen LogP contribution in [0.5, 0.6) is 5.75 Å². The average molecular weight is 392 g/mol. The van der Waals surface area contributed by atoms with Crippen LogP contribution in [-0.4, -0.2) is 32.0 Å². The summed E-state index contributed by atoms with van der Waals surface area (Å²) in [5.41, 5.74) is 2.50. The zero-order valence-corrected chi connectivity index (χ0v) is 15.9. The molecule has 5 nitrogen and oxygen atoms in total. The first-order valence-corrected chi connectivity index (χ1v) is 9.17. The van der Waals surface area contributed by atoms with Gasteiger partial charge in [-0.15, -0.1) is 0 Å². The highest BCUT2D eigenvalue weighted by atomic mass is 19.1. The maximum absolute atomic E-state index is 13.5. The first-order chi connectivity index (χ1) is 14.1. The molecule has 29 heavy (non-hydrogen) atoms. The van der Waals surface area contributed by atoms with E-state index in [-0.39, 0.29) is 30.7 Å². The van der Waals surface area contributed by atoms with E-state index in [1.165, 1.54) is 12.1 Å². The van der Waals surface area contributed by atoms with Crippen LogP contribution in [-0.2, 0) is 0 Å². The van der Waals surface area contributed by atoms with Crippen molar-refractivity contribution in [2.45, 2.75) is 0 Å². The Morgan fingerprint density at radius 1 is 0.931 bits per heavy atom. The van der Waals surface area contributed by atoms with E-state index in [1.54, 1.807) is 49.5 Å². The van der Waals surface area contributed by atoms with Gasteiger partial charge in [-0.05, 0) is 41.5 Å². The third-order valence-electron chi connectivity index (χ3n) is 4.32. The first-order valence-electron chi connectivity index (χ1n) is 9.17. The number of para-hydroxylation sites is 1. The Balaban J connectivity index is 1.66. The lowest BCUT2D eigenvalue weighted by atomic mass is 9.97. The monoisotopic (exact) mass is 392 g/mol. The molecule has 3 aromatic rings. The third-order valence-corrected chi connectivity index (χ3v) is 4.32. The molecule has 0 aliphatic carbocycles. The van der Waals surface area contributed by atoms with E-state index >= 15 is 0 Å². The second-order valence-corrected chi connectivity index (χ2v) is 6.24. The number of carbonyl (C=O) groups excluding carboxylic acids is 2. The van der Waals surface area contributed by atoms with E-state index < -0.39 is 5.82 Å². The molecule has 0 bridgehead atoms. The molecule has 6 heteroatoms. The Morgan fingerprint density at radius 3 is 2.48 bits per heavy atom. The second kappa shape index (κ2) is 9.50. The van der Waals surface area contributed by atoms with Gasteiger partial charge in [0.05, 0.1) is 6.54 Å². The summed E-state index contributed by atoms with van der Waals surface area (Å²) in [6.45, 7) is 0.373. The molecule has 0 aliphatic heterocycles. The van der Waals surface area contributed by atoms with Crippen molar-refractivity contribution < 1.29 is 18.7 Å². The highest BCUT2D eigenvalue weighted by Crippen LogP contribution is 2.24. The third kappa shape index (κ3) is 4.99. The van der Waals surface area contributed by atoms with Crippen LogP contribution < -0.4 is 15.4 Å². The van der Waals surface area contributed by atoms with Gasteiger partial charge in [0.25, 0.3) is 11.8 Å². The normalized spacial score (nSPS) is 10.3. The topological polar surface area (TPSA) is 67.4 Å². The van der Waals surface area contributed by atoms with Gasteiger partial charge in [0.15, 0.2) is 11.6 Å². The largest absolute Gasteiger partial charge is 0.489 e. The molecule has 0 radical (unpaired) electrons. The minimum atomic E-state index is -0.443. The summed E-state index contributed by atoms with van der Waals surface area (Å²) in [6.07, 6.45) is 0. The molecule has 0 unspecified atom stereocenters. The summed E-state index contributed by atoms with van der Waals surface area (Å²) >= 11 is 0. The summed E-state index contributed by atoms with van der Waals surface area (Å²) in [4.78, 5) is 24.6. The number of benzene rings is 3. The van der Waals surface area contributed by atoms with Crippen molar-refractivity contribution >= 4 is 11.8 Å². The number of rotatable bonds is 7. The molecule has 0 saturated heterocycles. The van der Waals surface area contributed by atoms with Gasteiger partial charge in [-0.25, -0.2) is 4.39 Å². The van der Waals surface area contributed by atoms with E-state index in [1.807, 2.05) is 18.2 Å². The molecular formula is C23H21FN2O3. The number of halogens is 1. The summed E-state index contributed by atoms with van der Waals surface area (Å²) in [7, 11) is 1.58. The summed E-state index contributed by atoms with van der Waals surface area (Å²) in [5.74, 6) is -0.766.